The van der Waals surface area contributed by atoms with Gasteiger partial charge in [0.15, 0.2) is 0 Å². The van der Waals surface area contributed by atoms with Gasteiger partial charge in [0.05, 0.1) is 9.40 Å². The van der Waals surface area contributed by atoms with Crippen LogP contribution in [-0.4, -0.2) is 4.92 Å². The second-order valence-corrected chi connectivity index (χ2v) is 5.45. The summed E-state index contributed by atoms with van der Waals surface area (Å²) in [4.78, 5) is 10.5. The van der Waals surface area contributed by atoms with E-state index < -0.39 is 4.92 Å². The van der Waals surface area contributed by atoms with E-state index in [4.69, 9.17) is 0 Å². The minimum Gasteiger partial charge on any atom is -0.306 e. The van der Waals surface area contributed by atoms with E-state index in [-0.39, 0.29) is 17.5 Å². The first kappa shape index (κ1) is 15.6. The summed E-state index contributed by atoms with van der Waals surface area (Å²) in [6, 6.07) is 11.2. The predicted octanol–water partition coefficient (Wildman–Crippen LogP) is 4.35. The molecular formula is C15H14BrFN2O2. The third-order valence-electron chi connectivity index (χ3n) is 3.22. The Hall–Kier alpha value is -1.79. The molecule has 2 aromatic rings. The molecule has 0 aliphatic heterocycles. The van der Waals surface area contributed by atoms with Crippen LogP contribution in [-0.2, 0) is 6.54 Å². The molecule has 2 aromatic carbocycles. The normalized spacial score (nSPS) is 12.1. The number of nitrogens with zero attached hydrogens (tertiary/aromatic N) is 1. The average Bonchev–Trinajstić information content (AvgIpc) is 2.46. The van der Waals surface area contributed by atoms with Gasteiger partial charge < -0.3 is 5.32 Å². The number of nitro groups is 1. The lowest BCUT2D eigenvalue weighted by Gasteiger charge is -2.15. The molecule has 110 valence electrons. The highest BCUT2D eigenvalue weighted by molar-refractivity contribution is 9.10. The van der Waals surface area contributed by atoms with Gasteiger partial charge in [-0.3, -0.25) is 10.1 Å². The summed E-state index contributed by atoms with van der Waals surface area (Å²) in [5, 5.41) is 14.2. The number of nitrogens with one attached hydrogen (secondary N) is 1. The summed E-state index contributed by atoms with van der Waals surface area (Å²) in [7, 11) is 0. The third-order valence-corrected chi connectivity index (χ3v) is 4.14. The maximum absolute atomic E-state index is 12.9. The molecule has 0 spiro atoms. The Kier molecular flexibility index (Phi) is 5.03. The molecular weight excluding hydrogens is 339 g/mol. The van der Waals surface area contributed by atoms with Crippen molar-refractivity contribution in [2.45, 2.75) is 19.5 Å². The molecule has 0 aliphatic rings. The average molecular weight is 353 g/mol. The molecule has 0 aromatic heterocycles. The second kappa shape index (κ2) is 6.78. The van der Waals surface area contributed by atoms with Gasteiger partial charge >= 0.3 is 0 Å². The van der Waals surface area contributed by atoms with Gasteiger partial charge in [-0.2, -0.15) is 0 Å². The van der Waals surface area contributed by atoms with Gasteiger partial charge in [0.2, 0.25) is 0 Å². The van der Waals surface area contributed by atoms with Gasteiger partial charge in [0.25, 0.3) is 5.69 Å². The molecule has 2 rings (SSSR count). The topological polar surface area (TPSA) is 55.2 Å². The summed E-state index contributed by atoms with van der Waals surface area (Å²) in [5.41, 5.74) is 1.81. The number of hydrogen-bond acceptors (Lipinski definition) is 3. The molecule has 1 atom stereocenters. The fraction of sp³-hybridized carbons (Fsp3) is 0.200. The van der Waals surface area contributed by atoms with Crippen LogP contribution in [0, 0.1) is 15.9 Å². The quantitative estimate of drug-likeness (QED) is 0.642. The van der Waals surface area contributed by atoms with Gasteiger partial charge in [-0.15, -0.1) is 0 Å². The molecule has 21 heavy (non-hydrogen) atoms. The van der Waals surface area contributed by atoms with Crippen LogP contribution < -0.4 is 5.32 Å². The molecule has 1 N–H and O–H groups in total. The Morgan fingerprint density at radius 3 is 2.57 bits per heavy atom. The fourth-order valence-corrected chi connectivity index (χ4v) is 2.53. The maximum Gasteiger partial charge on any atom is 0.283 e. The first-order chi connectivity index (χ1) is 9.99. The van der Waals surface area contributed by atoms with Crippen LogP contribution in [0.15, 0.2) is 46.9 Å². The lowest BCUT2D eigenvalue weighted by Crippen LogP contribution is -2.18. The smallest absolute Gasteiger partial charge is 0.283 e. The molecule has 0 unspecified atom stereocenters. The molecule has 0 saturated heterocycles. The summed E-state index contributed by atoms with van der Waals surface area (Å²) in [6.07, 6.45) is 0. The molecule has 0 bridgehead atoms. The van der Waals surface area contributed by atoms with Gasteiger partial charge in [-0.05, 0) is 46.1 Å². The van der Waals surface area contributed by atoms with Gasteiger partial charge in [-0.25, -0.2) is 4.39 Å². The fourth-order valence-electron chi connectivity index (χ4n) is 1.98. The highest BCUT2D eigenvalue weighted by atomic mass is 79.9. The number of hydrogen-bond donors (Lipinski definition) is 1. The predicted molar refractivity (Wildman–Crippen MR) is 82.5 cm³/mol. The monoisotopic (exact) mass is 352 g/mol. The Bertz CT molecular complexity index is 647. The highest BCUT2D eigenvalue weighted by Crippen LogP contribution is 2.28. The Balaban J connectivity index is 2.08. The van der Waals surface area contributed by atoms with Crippen molar-refractivity contribution in [2.75, 3.05) is 0 Å². The molecule has 0 amide bonds. The van der Waals surface area contributed by atoms with Crippen molar-refractivity contribution in [1.29, 1.82) is 0 Å². The molecule has 0 saturated carbocycles. The Labute approximate surface area is 130 Å². The van der Waals surface area contributed by atoms with E-state index in [0.717, 1.165) is 11.1 Å². The van der Waals surface area contributed by atoms with Crippen LogP contribution in [0.5, 0.6) is 0 Å². The Morgan fingerprint density at radius 1 is 1.29 bits per heavy atom. The van der Waals surface area contributed by atoms with Crippen molar-refractivity contribution in [1.82, 2.24) is 5.32 Å². The number of halogens is 2. The number of rotatable bonds is 5. The maximum atomic E-state index is 12.9. The van der Waals surface area contributed by atoms with Gasteiger partial charge in [0.1, 0.15) is 5.82 Å². The van der Waals surface area contributed by atoms with E-state index in [9.17, 15) is 14.5 Å². The lowest BCUT2D eigenvalue weighted by molar-refractivity contribution is -0.385. The van der Waals surface area contributed by atoms with Crippen molar-refractivity contribution in [2.24, 2.45) is 0 Å². The minimum atomic E-state index is -0.420. The largest absolute Gasteiger partial charge is 0.306 e. The van der Waals surface area contributed by atoms with Gasteiger partial charge in [-0.1, -0.05) is 24.3 Å². The highest BCUT2D eigenvalue weighted by Gasteiger charge is 2.15. The number of nitro benzene ring substituents is 1. The first-order valence-corrected chi connectivity index (χ1v) is 7.19. The minimum absolute atomic E-state index is 0.0109. The zero-order valence-electron chi connectivity index (χ0n) is 11.3. The zero-order chi connectivity index (χ0) is 15.4. The van der Waals surface area contributed by atoms with E-state index in [1.165, 1.54) is 18.2 Å². The van der Waals surface area contributed by atoms with Crippen molar-refractivity contribution in [3.63, 3.8) is 0 Å². The van der Waals surface area contributed by atoms with Crippen LogP contribution in [0.1, 0.15) is 24.1 Å². The molecule has 6 heteroatoms. The van der Waals surface area contributed by atoms with Crippen LogP contribution in [0.25, 0.3) is 0 Å². The number of benzene rings is 2. The van der Waals surface area contributed by atoms with Crippen LogP contribution in [0.4, 0.5) is 10.1 Å². The van der Waals surface area contributed by atoms with Crippen molar-refractivity contribution in [3.05, 3.63) is 74.0 Å². The van der Waals surface area contributed by atoms with E-state index in [2.05, 4.69) is 21.2 Å². The third kappa shape index (κ3) is 3.86. The van der Waals surface area contributed by atoms with E-state index in [1.807, 2.05) is 13.0 Å². The van der Waals surface area contributed by atoms with Crippen molar-refractivity contribution >= 4 is 21.6 Å². The molecule has 4 nitrogen and oxygen atoms in total. The summed E-state index contributed by atoms with van der Waals surface area (Å²) in [5.74, 6) is -0.271. The van der Waals surface area contributed by atoms with E-state index >= 15 is 0 Å². The summed E-state index contributed by atoms with van der Waals surface area (Å²) in [6.45, 7) is 2.43. The Morgan fingerprint density at radius 2 is 1.95 bits per heavy atom. The van der Waals surface area contributed by atoms with Crippen LogP contribution in [0.3, 0.4) is 0 Å². The van der Waals surface area contributed by atoms with E-state index in [1.54, 1.807) is 18.2 Å². The standard InChI is InChI=1S/C15H14BrFN2O2/c1-10(11-5-7-13(17)8-6-11)18-9-12-3-2-4-14(15(12)16)19(20)21/h2-8,10,18H,9H2,1H3/t10-/m1/s1. The first-order valence-electron chi connectivity index (χ1n) is 6.39. The van der Waals surface area contributed by atoms with Crippen LogP contribution >= 0.6 is 15.9 Å². The van der Waals surface area contributed by atoms with E-state index in [0.29, 0.717) is 11.0 Å². The summed E-state index contributed by atoms with van der Waals surface area (Å²) >= 11 is 3.27. The zero-order valence-corrected chi connectivity index (χ0v) is 12.9. The molecule has 0 radical (unpaired) electrons. The lowest BCUT2D eigenvalue weighted by atomic mass is 10.1. The molecule has 0 fully saturated rings. The second-order valence-electron chi connectivity index (χ2n) is 4.66. The summed E-state index contributed by atoms with van der Waals surface area (Å²) < 4.78 is 13.4. The van der Waals surface area contributed by atoms with Crippen LogP contribution in [0.2, 0.25) is 0 Å². The van der Waals surface area contributed by atoms with Gasteiger partial charge in [0, 0.05) is 18.7 Å². The van der Waals surface area contributed by atoms with Crippen molar-refractivity contribution in [3.8, 4) is 0 Å². The van der Waals surface area contributed by atoms with Crippen molar-refractivity contribution < 1.29 is 9.31 Å². The SMILES string of the molecule is C[C@@H](NCc1cccc([N+](=O)[O-])c1Br)c1ccc(F)cc1. The molecule has 0 heterocycles. The molecule has 0 aliphatic carbocycles.